The van der Waals surface area contributed by atoms with Crippen molar-refractivity contribution in [1.82, 2.24) is 19.7 Å². The summed E-state index contributed by atoms with van der Waals surface area (Å²) in [5.41, 5.74) is 1.09. The number of thioether (sulfide) groups is 1. The molecule has 2 aromatic rings. The first-order chi connectivity index (χ1) is 18.1. The van der Waals surface area contributed by atoms with Gasteiger partial charge in [-0.25, -0.2) is 4.79 Å². The van der Waals surface area contributed by atoms with Gasteiger partial charge < -0.3 is 19.5 Å². The summed E-state index contributed by atoms with van der Waals surface area (Å²) in [5, 5.41) is 12.9. The lowest BCUT2D eigenvalue weighted by molar-refractivity contribution is -0.113. The number of nitrogens with one attached hydrogen (secondary N) is 1. The van der Waals surface area contributed by atoms with Gasteiger partial charge in [-0.2, -0.15) is 0 Å². The minimum atomic E-state index is -0.584. The molecule has 11 heteroatoms. The van der Waals surface area contributed by atoms with Crippen LogP contribution in [0.2, 0.25) is 0 Å². The Bertz CT molecular complexity index is 1220. The Morgan fingerprint density at radius 3 is 2.32 bits per heavy atom. The first-order valence-corrected chi connectivity index (χ1v) is 15.2. The summed E-state index contributed by atoms with van der Waals surface area (Å²) in [6, 6.07) is 0. The van der Waals surface area contributed by atoms with Gasteiger partial charge in [0, 0.05) is 27.1 Å². The lowest BCUT2D eigenvalue weighted by Gasteiger charge is -2.56. The molecule has 9 nitrogen and oxygen atoms in total. The van der Waals surface area contributed by atoms with E-state index in [0.717, 1.165) is 53.0 Å². The monoisotopic (exact) mass is 559 g/mol. The zero-order valence-corrected chi connectivity index (χ0v) is 24.5. The van der Waals surface area contributed by atoms with Crippen LogP contribution in [0.5, 0.6) is 0 Å². The summed E-state index contributed by atoms with van der Waals surface area (Å²) in [4.78, 5) is 39.8. The summed E-state index contributed by atoms with van der Waals surface area (Å²) in [6.45, 7) is 4.54. The van der Waals surface area contributed by atoms with Crippen LogP contribution in [0, 0.1) is 30.1 Å². The van der Waals surface area contributed by atoms with E-state index in [4.69, 9.17) is 4.74 Å². The van der Waals surface area contributed by atoms with E-state index < -0.39 is 5.97 Å². The van der Waals surface area contributed by atoms with E-state index in [2.05, 4.69) is 27.0 Å². The zero-order valence-electron chi connectivity index (χ0n) is 22.8. The van der Waals surface area contributed by atoms with Gasteiger partial charge in [0.15, 0.2) is 5.16 Å². The van der Waals surface area contributed by atoms with Crippen LogP contribution in [0.4, 0.5) is 5.00 Å². The molecule has 0 saturated heterocycles. The number of carbonyl (C=O) groups is 3. The normalized spacial score (nSPS) is 25.4. The number of nitrogens with zero attached hydrogens (tertiary/aromatic N) is 4. The first-order valence-electron chi connectivity index (χ1n) is 13.4. The van der Waals surface area contributed by atoms with Gasteiger partial charge in [-0.3, -0.25) is 9.59 Å². The number of thiophene rings is 1. The van der Waals surface area contributed by atoms with Gasteiger partial charge in [0.2, 0.25) is 5.91 Å². The van der Waals surface area contributed by atoms with Gasteiger partial charge >= 0.3 is 5.97 Å². The number of anilines is 1. The number of methoxy groups -OCH3 is 1. The third kappa shape index (κ3) is 5.11. The van der Waals surface area contributed by atoms with Gasteiger partial charge in [-0.1, -0.05) is 11.8 Å². The number of rotatable bonds is 9. The van der Waals surface area contributed by atoms with Crippen molar-refractivity contribution in [1.29, 1.82) is 0 Å². The molecule has 0 spiro atoms. The number of hydrogen-bond donors (Lipinski definition) is 1. The van der Waals surface area contributed by atoms with Crippen molar-refractivity contribution < 1.29 is 19.1 Å². The van der Waals surface area contributed by atoms with Crippen LogP contribution in [0.25, 0.3) is 0 Å². The number of aromatic nitrogens is 3. The molecule has 4 bridgehead atoms. The molecule has 0 atom stereocenters. The van der Waals surface area contributed by atoms with E-state index in [0.29, 0.717) is 20.9 Å². The predicted octanol–water partition coefficient (Wildman–Crippen LogP) is 4.65. The van der Waals surface area contributed by atoms with E-state index >= 15 is 0 Å². The molecule has 2 amide bonds. The second-order valence-electron chi connectivity index (χ2n) is 11.5. The number of hydrogen-bond acceptors (Lipinski definition) is 8. The largest absolute Gasteiger partial charge is 0.465 e. The molecule has 4 fully saturated rings. The summed E-state index contributed by atoms with van der Waals surface area (Å²) < 4.78 is 7.07. The van der Waals surface area contributed by atoms with Crippen molar-refractivity contribution >= 4 is 45.9 Å². The molecule has 1 N–H and O–H groups in total. The molecular weight excluding hydrogens is 522 g/mol. The fraction of sp³-hybridized carbons (Fsp3) is 0.667. The highest BCUT2D eigenvalue weighted by molar-refractivity contribution is 7.99. The summed E-state index contributed by atoms with van der Waals surface area (Å²) >= 11 is 2.44. The number of carbonyl (C=O) groups excluding carboxylic acids is 3. The highest BCUT2D eigenvalue weighted by Crippen LogP contribution is 2.61. The maximum Gasteiger partial charge on any atom is 0.341 e. The van der Waals surface area contributed by atoms with Gasteiger partial charge in [0.05, 0.1) is 23.3 Å². The van der Waals surface area contributed by atoms with E-state index in [1.807, 2.05) is 0 Å². The van der Waals surface area contributed by atoms with Crippen LogP contribution in [0.3, 0.4) is 0 Å². The standard InChI is InChI=1S/C27H37N5O4S2/c1-6-32-19(13-27-10-16-7-17(11-27)9-18(8-16)12-27)29-30-26(32)37-14-20(33)28-23-21(25(35)36-5)15(2)22(38-23)24(34)31(3)4/h16-18H,6-14H2,1-5H3,(H,28,33). The topological polar surface area (TPSA) is 106 Å². The zero-order chi connectivity index (χ0) is 27.2. The Hall–Kier alpha value is -2.40. The minimum absolute atomic E-state index is 0.115. The lowest BCUT2D eigenvalue weighted by atomic mass is 9.49. The van der Waals surface area contributed by atoms with Crippen molar-refractivity contribution in [3.8, 4) is 0 Å². The Labute approximate surface area is 232 Å². The van der Waals surface area contributed by atoms with Crippen molar-refractivity contribution in [2.75, 3.05) is 32.3 Å². The minimum Gasteiger partial charge on any atom is -0.465 e. The summed E-state index contributed by atoms with van der Waals surface area (Å²) in [7, 11) is 4.58. The second kappa shape index (κ2) is 10.6. The Balaban J connectivity index is 1.27. The van der Waals surface area contributed by atoms with E-state index in [-0.39, 0.29) is 23.1 Å². The van der Waals surface area contributed by atoms with Crippen LogP contribution < -0.4 is 5.32 Å². The molecule has 4 aliphatic carbocycles. The van der Waals surface area contributed by atoms with Crippen LogP contribution in [-0.2, 0) is 22.5 Å². The van der Waals surface area contributed by atoms with E-state index in [1.165, 1.54) is 62.3 Å². The predicted molar refractivity (Wildman–Crippen MR) is 148 cm³/mol. The van der Waals surface area contributed by atoms with Crippen LogP contribution in [-0.4, -0.2) is 64.4 Å². The maximum atomic E-state index is 12.9. The number of esters is 1. The molecule has 0 radical (unpaired) electrons. The van der Waals surface area contributed by atoms with E-state index in [1.54, 1.807) is 21.0 Å². The Morgan fingerprint density at radius 2 is 1.76 bits per heavy atom. The quantitative estimate of drug-likeness (QED) is 0.352. The number of amides is 2. The molecule has 0 unspecified atom stereocenters. The molecular formula is C27H37N5O4S2. The first kappa shape index (κ1) is 27.2. The third-order valence-corrected chi connectivity index (χ3v) is 10.7. The Kier molecular flexibility index (Phi) is 7.61. The molecule has 38 heavy (non-hydrogen) atoms. The lowest BCUT2D eigenvalue weighted by Crippen LogP contribution is -2.47. The summed E-state index contributed by atoms with van der Waals surface area (Å²) in [5.74, 6) is 2.73. The fourth-order valence-electron chi connectivity index (χ4n) is 7.37. The van der Waals surface area contributed by atoms with Crippen molar-refractivity contribution in [2.24, 2.45) is 23.2 Å². The average Bonchev–Trinajstić information content (AvgIpc) is 3.39. The average molecular weight is 560 g/mol. The van der Waals surface area contributed by atoms with Crippen LogP contribution in [0.15, 0.2) is 5.16 Å². The molecule has 0 aromatic carbocycles. The van der Waals surface area contributed by atoms with Crippen LogP contribution in [0.1, 0.15) is 76.9 Å². The molecule has 6 rings (SSSR count). The smallest absolute Gasteiger partial charge is 0.341 e. The van der Waals surface area contributed by atoms with Crippen molar-refractivity contribution in [3.63, 3.8) is 0 Å². The maximum absolute atomic E-state index is 12.9. The Morgan fingerprint density at radius 1 is 1.13 bits per heavy atom. The molecule has 2 aromatic heterocycles. The summed E-state index contributed by atoms with van der Waals surface area (Å²) in [6.07, 6.45) is 9.20. The SMILES string of the molecule is CCn1c(CC23CC4CC(CC(C4)C2)C3)nnc1SCC(=O)Nc1sc(C(=O)N(C)C)c(C)c1C(=O)OC. The van der Waals surface area contributed by atoms with E-state index in [9.17, 15) is 14.4 Å². The van der Waals surface area contributed by atoms with Crippen molar-refractivity contribution in [3.05, 3.63) is 21.8 Å². The molecule has 2 heterocycles. The van der Waals surface area contributed by atoms with Gasteiger partial charge in [0.25, 0.3) is 5.91 Å². The second-order valence-corrected chi connectivity index (χ2v) is 13.5. The highest BCUT2D eigenvalue weighted by Gasteiger charge is 2.51. The molecule has 0 aliphatic heterocycles. The van der Waals surface area contributed by atoms with Gasteiger partial charge in [-0.15, -0.1) is 21.5 Å². The van der Waals surface area contributed by atoms with Gasteiger partial charge in [0.1, 0.15) is 10.8 Å². The highest BCUT2D eigenvalue weighted by atomic mass is 32.2. The number of ether oxygens (including phenoxy) is 1. The van der Waals surface area contributed by atoms with Crippen LogP contribution >= 0.6 is 23.1 Å². The molecule has 4 aliphatic rings. The molecule has 206 valence electrons. The van der Waals surface area contributed by atoms with Crippen molar-refractivity contribution in [2.45, 2.75) is 70.5 Å². The van der Waals surface area contributed by atoms with Gasteiger partial charge in [-0.05, 0) is 81.1 Å². The fourth-order valence-corrected chi connectivity index (χ4v) is 9.42. The molecule has 4 saturated carbocycles. The third-order valence-electron chi connectivity index (χ3n) is 8.53.